The lowest BCUT2D eigenvalue weighted by atomic mass is 10.1. The van der Waals surface area contributed by atoms with Gasteiger partial charge in [-0.3, -0.25) is 9.69 Å². The molecule has 1 saturated heterocycles. The number of carboxylic acids is 1. The van der Waals surface area contributed by atoms with Crippen LogP contribution in [0.4, 0.5) is 0 Å². The van der Waals surface area contributed by atoms with Gasteiger partial charge in [0.25, 0.3) is 0 Å². The van der Waals surface area contributed by atoms with Crippen molar-refractivity contribution in [2.24, 2.45) is 5.92 Å². The summed E-state index contributed by atoms with van der Waals surface area (Å²) in [5, 5.41) is 9.04. The molecule has 15 heavy (non-hydrogen) atoms. The first-order valence-corrected chi connectivity index (χ1v) is 5.26. The molecule has 1 N–H and O–H groups in total. The van der Waals surface area contributed by atoms with E-state index in [9.17, 15) is 4.79 Å². The maximum atomic E-state index is 11.0. The lowest BCUT2D eigenvalue weighted by Gasteiger charge is -2.20. The summed E-state index contributed by atoms with van der Waals surface area (Å²) in [7, 11) is 3.63. The lowest BCUT2D eigenvalue weighted by Crippen LogP contribution is -2.35. The van der Waals surface area contributed by atoms with Crippen molar-refractivity contribution in [2.75, 3.05) is 53.5 Å². The van der Waals surface area contributed by atoms with Crippen molar-refractivity contribution in [2.45, 2.75) is 0 Å². The van der Waals surface area contributed by atoms with Gasteiger partial charge in [-0.2, -0.15) is 0 Å². The van der Waals surface area contributed by atoms with E-state index in [0.717, 1.165) is 19.6 Å². The van der Waals surface area contributed by atoms with Gasteiger partial charge in [0.2, 0.25) is 0 Å². The molecule has 1 rings (SSSR count). The molecule has 0 aliphatic carbocycles. The van der Waals surface area contributed by atoms with Gasteiger partial charge in [0.1, 0.15) is 0 Å². The van der Waals surface area contributed by atoms with Crippen molar-refractivity contribution in [3.05, 3.63) is 0 Å². The largest absolute Gasteiger partial charge is 0.481 e. The van der Waals surface area contributed by atoms with Crippen LogP contribution in [0.3, 0.4) is 0 Å². The predicted octanol–water partition coefficient (Wildman–Crippen LogP) is -0.419. The summed E-state index contributed by atoms with van der Waals surface area (Å²) in [6.07, 6.45) is 0. The molecule has 88 valence electrons. The second kappa shape index (κ2) is 6.05. The zero-order valence-electron chi connectivity index (χ0n) is 9.48. The van der Waals surface area contributed by atoms with Crippen LogP contribution in [0.1, 0.15) is 0 Å². The number of methoxy groups -OCH3 is 1. The Balaban J connectivity index is 2.48. The van der Waals surface area contributed by atoms with Crippen LogP contribution in [0, 0.1) is 5.92 Å². The Morgan fingerprint density at radius 1 is 1.47 bits per heavy atom. The minimum atomic E-state index is -0.703. The van der Waals surface area contributed by atoms with Gasteiger partial charge in [-0.05, 0) is 7.05 Å². The van der Waals surface area contributed by atoms with E-state index < -0.39 is 5.97 Å². The summed E-state index contributed by atoms with van der Waals surface area (Å²) in [5.41, 5.74) is 0. The average Bonchev–Trinajstić information content (AvgIpc) is 2.37. The van der Waals surface area contributed by atoms with Gasteiger partial charge in [-0.1, -0.05) is 0 Å². The zero-order valence-corrected chi connectivity index (χ0v) is 9.48. The van der Waals surface area contributed by atoms with Crippen LogP contribution in [-0.4, -0.2) is 74.4 Å². The third-order valence-electron chi connectivity index (χ3n) is 2.77. The number of aliphatic carboxylic acids is 1. The van der Waals surface area contributed by atoms with E-state index in [-0.39, 0.29) is 5.92 Å². The first-order valence-electron chi connectivity index (χ1n) is 5.26. The minimum Gasteiger partial charge on any atom is -0.481 e. The Labute approximate surface area is 90.6 Å². The van der Waals surface area contributed by atoms with Gasteiger partial charge in [-0.25, -0.2) is 0 Å². The average molecular weight is 216 g/mol. The molecule has 0 spiro atoms. The fourth-order valence-corrected chi connectivity index (χ4v) is 1.82. The Morgan fingerprint density at radius 3 is 2.80 bits per heavy atom. The number of rotatable bonds is 4. The Morgan fingerprint density at radius 2 is 2.20 bits per heavy atom. The van der Waals surface area contributed by atoms with Crippen molar-refractivity contribution in [3.8, 4) is 0 Å². The highest BCUT2D eigenvalue weighted by molar-refractivity contribution is 5.70. The molecule has 5 heteroatoms. The number of carbonyl (C=O) groups is 1. The Bertz CT molecular complexity index is 211. The summed E-state index contributed by atoms with van der Waals surface area (Å²) in [6, 6.07) is 0. The summed E-state index contributed by atoms with van der Waals surface area (Å²) < 4.78 is 5.01. The van der Waals surface area contributed by atoms with Crippen LogP contribution in [0.5, 0.6) is 0 Å². The van der Waals surface area contributed by atoms with Crippen LogP contribution in [0.15, 0.2) is 0 Å². The number of likely N-dealkylation sites (N-methyl/N-ethyl adjacent to an activating group) is 1. The topological polar surface area (TPSA) is 53.0 Å². The van der Waals surface area contributed by atoms with Gasteiger partial charge in [0, 0.05) is 39.8 Å². The van der Waals surface area contributed by atoms with Gasteiger partial charge in [0.05, 0.1) is 12.5 Å². The molecule has 1 heterocycles. The van der Waals surface area contributed by atoms with E-state index in [1.807, 2.05) is 7.05 Å². The quantitative estimate of drug-likeness (QED) is 0.692. The normalized spacial score (nSPS) is 25.1. The SMILES string of the molecule is COCCN1CCN(C)CC(C(=O)O)C1. The number of hydrogen-bond acceptors (Lipinski definition) is 4. The van der Waals surface area contributed by atoms with E-state index in [2.05, 4.69) is 9.80 Å². The molecule has 0 aromatic carbocycles. The molecule has 1 unspecified atom stereocenters. The second-order valence-corrected chi connectivity index (χ2v) is 4.09. The number of ether oxygens (including phenoxy) is 1. The number of carboxylic acid groups (broad SMARTS) is 1. The third-order valence-corrected chi connectivity index (χ3v) is 2.77. The molecule has 0 aromatic heterocycles. The molecule has 1 atom stereocenters. The van der Waals surface area contributed by atoms with E-state index in [1.54, 1.807) is 7.11 Å². The predicted molar refractivity (Wildman–Crippen MR) is 56.9 cm³/mol. The smallest absolute Gasteiger partial charge is 0.309 e. The van der Waals surface area contributed by atoms with Crippen molar-refractivity contribution in [1.82, 2.24) is 9.80 Å². The van der Waals surface area contributed by atoms with Crippen molar-refractivity contribution in [1.29, 1.82) is 0 Å². The minimum absolute atomic E-state index is 0.283. The highest BCUT2D eigenvalue weighted by Crippen LogP contribution is 2.08. The number of hydrogen-bond donors (Lipinski definition) is 1. The van der Waals surface area contributed by atoms with Crippen LogP contribution < -0.4 is 0 Å². The molecule has 1 aliphatic heterocycles. The molecule has 1 aliphatic rings. The van der Waals surface area contributed by atoms with E-state index in [4.69, 9.17) is 9.84 Å². The second-order valence-electron chi connectivity index (χ2n) is 4.09. The first kappa shape index (κ1) is 12.4. The van der Waals surface area contributed by atoms with Crippen LogP contribution in [-0.2, 0) is 9.53 Å². The maximum Gasteiger partial charge on any atom is 0.309 e. The summed E-state index contributed by atoms with van der Waals surface area (Å²) in [4.78, 5) is 15.2. The molecule has 0 radical (unpaired) electrons. The highest BCUT2D eigenvalue weighted by atomic mass is 16.5. The van der Waals surface area contributed by atoms with Gasteiger partial charge >= 0.3 is 5.97 Å². The summed E-state index contributed by atoms with van der Waals surface area (Å²) >= 11 is 0. The van der Waals surface area contributed by atoms with E-state index in [1.165, 1.54) is 0 Å². The number of nitrogens with zero attached hydrogens (tertiary/aromatic N) is 2. The fraction of sp³-hybridized carbons (Fsp3) is 0.900. The standard InChI is InChI=1S/C10H20N2O3/c1-11-3-4-12(5-6-15-2)8-9(7-11)10(13)14/h9H,3-8H2,1-2H3,(H,13,14). The van der Waals surface area contributed by atoms with Crippen LogP contribution >= 0.6 is 0 Å². The molecule has 0 saturated carbocycles. The first-order chi connectivity index (χ1) is 7.13. The molecular formula is C10H20N2O3. The third kappa shape index (κ3) is 4.15. The molecule has 0 aromatic rings. The summed E-state index contributed by atoms with van der Waals surface area (Å²) in [5.74, 6) is -0.986. The Kier molecular flexibility index (Phi) is 5.01. The summed E-state index contributed by atoms with van der Waals surface area (Å²) in [6.45, 7) is 4.59. The van der Waals surface area contributed by atoms with Crippen molar-refractivity contribution in [3.63, 3.8) is 0 Å². The molecule has 1 fully saturated rings. The fourth-order valence-electron chi connectivity index (χ4n) is 1.82. The van der Waals surface area contributed by atoms with Crippen molar-refractivity contribution < 1.29 is 14.6 Å². The maximum absolute atomic E-state index is 11.0. The van der Waals surface area contributed by atoms with E-state index in [0.29, 0.717) is 19.7 Å². The molecule has 0 amide bonds. The van der Waals surface area contributed by atoms with Crippen molar-refractivity contribution >= 4 is 5.97 Å². The monoisotopic (exact) mass is 216 g/mol. The van der Waals surface area contributed by atoms with Gasteiger partial charge in [0.15, 0.2) is 0 Å². The van der Waals surface area contributed by atoms with Gasteiger partial charge < -0.3 is 14.7 Å². The Hall–Kier alpha value is -0.650. The van der Waals surface area contributed by atoms with E-state index >= 15 is 0 Å². The van der Waals surface area contributed by atoms with Crippen LogP contribution in [0.2, 0.25) is 0 Å². The molecule has 0 bridgehead atoms. The molecular weight excluding hydrogens is 196 g/mol. The highest BCUT2D eigenvalue weighted by Gasteiger charge is 2.25. The molecule has 5 nitrogen and oxygen atoms in total. The van der Waals surface area contributed by atoms with Crippen LogP contribution in [0.25, 0.3) is 0 Å². The zero-order chi connectivity index (χ0) is 11.3. The lowest BCUT2D eigenvalue weighted by molar-refractivity contribution is -0.142. The van der Waals surface area contributed by atoms with Gasteiger partial charge in [-0.15, -0.1) is 0 Å².